The minimum atomic E-state index is 0.0829. The highest BCUT2D eigenvalue weighted by Crippen LogP contribution is 2.63. The number of carbonyl (C=O) groups excluding carboxylic acids is 2. The van der Waals surface area contributed by atoms with Crippen LogP contribution in [0.2, 0.25) is 0 Å². The van der Waals surface area contributed by atoms with Crippen molar-refractivity contribution in [3.05, 3.63) is 23.8 Å². The molecule has 0 aromatic heterocycles. The van der Waals surface area contributed by atoms with Gasteiger partial charge >= 0.3 is 0 Å². The predicted octanol–water partition coefficient (Wildman–Crippen LogP) is 4.25. The lowest BCUT2D eigenvalue weighted by Gasteiger charge is -2.58. The molecule has 3 fully saturated rings. The van der Waals surface area contributed by atoms with Crippen LogP contribution in [0, 0.1) is 28.6 Å². The van der Waals surface area contributed by atoms with Crippen LogP contribution in [0.5, 0.6) is 0 Å². The Labute approximate surface area is 133 Å². The van der Waals surface area contributed by atoms with Gasteiger partial charge < -0.3 is 0 Å². The summed E-state index contributed by atoms with van der Waals surface area (Å²) >= 11 is 0. The molecule has 4 rings (SSSR count). The van der Waals surface area contributed by atoms with E-state index in [1.807, 2.05) is 6.08 Å². The van der Waals surface area contributed by atoms with Gasteiger partial charge in [-0.15, -0.1) is 0 Å². The number of carbonyl (C=O) groups is 2. The molecule has 0 aliphatic heterocycles. The average Bonchev–Trinajstić information content (AvgIpc) is 2.46. The Balaban J connectivity index is 1.68. The molecule has 118 valence electrons. The Kier molecular flexibility index (Phi) is 3.05. The summed E-state index contributed by atoms with van der Waals surface area (Å²) < 4.78 is 0. The number of allylic oxidation sites excluding steroid dienone is 4. The van der Waals surface area contributed by atoms with Gasteiger partial charge in [-0.25, -0.2) is 0 Å². The van der Waals surface area contributed by atoms with E-state index in [1.54, 1.807) is 6.08 Å². The van der Waals surface area contributed by atoms with Crippen molar-refractivity contribution in [3.63, 3.8) is 0 Å². The van der Waals surface area contributed by atoms with Crippen LogP contribution in [0.25, 0.3) is 0 Å². The number of hydrogen-bond acceptors (Lipinski definition) is 2. The zero-order chi connectivity index (χ0) is 15.5. The molecule has 2 heteroatoms. The van der Waals surface area contributed by atoms with Crippen LogP contribution in [0.1, 0.15) is 58.8 Å². The number of ketones is 2. The summed E-state index contributed by atoms with van der Waals surface area (Å²) in [6.45, 7) is 4.70. The molecule has 5 atom stereocenters. The van der Waals surface area contributed by atoms with E-state index in [1.165, 1.54) is 24.8 Å². The van der Waals surface area contributed by atoms with Crippen LogP contribution in [0.3, 0.4) is 0 Å². The molecule has 22 heavy (non-hydrogen) atoms. The van der Waals surface area contributed by atoms with Gasteiger partial charge in [0.2, 0.25) is 0 Å². The summed E-state index contributed by atoms with van der Waals surface area (Å²) in [7, 11) is 0. The lowest BCUT2D eigenvalue weighted by Crippen LogP contribution is -2.51. The van der Waals surface area contributed by atoms with Crippen molar-refractivity contribution in [3.8, 4) is 0 Å². The molecule has 0 N–H and O–H groups in total. The molecule has 0 spiro atoms. The van der Waals surface area contributed by atoms with E-state index in [0.717, 1.165) is 31.6 Å². The summed E-state index contributed by atoms with van der Waals surface area (Å²) in [5, 5.41) is 0. The van der Waals surface area contributed by atoms with Crippen molar-refractivity contribution < 1.29 is 9.59 Å². The smallest absolute Gasteiger partial charge is 0.178 e. The van der Waals surface area contributed by atoms with Gasteiger partial charge in [-0.2, -0.15) is 0 Å². The van der Waals surface area contributed by atoms with Crippen molar-refractivity contribution in [2.75, 3.05) is 0 Å². The highest BCUT2D eigenvalue weighted by atomic mass is 16.1. The molecule has 0 saturated heterocycles. The van der Waals surface area contributed by atoms with Crippen molar-refractivity contribution in [2.45, 2.75) is 58.8 Å². The van der Waals surface area contributed by atoms with Crippen LogP contribution in [0.4, 0.5) is 0 Å². The number of Topliss-reactive ketones (excluding diaryl/α,β-unsaturated/α-hetero) is 1. The van der Waals surface area contributed by atoms with Gasteiger partial charge in [0.05, 0.1) is 0 Å². The Bertz CT molecular complexity index is 599. The maximum Gasteiger partial charge on any atom is 0.178 e. The van der Waals surface area contributed by atoms with Gasteiger partial charge in [-0.1, -0.05) is 25.5 Å². The summed E-state index contributed by atoms with van der Waals surface area (Å²) in [5.74, 6) is 2.72. The summed E-state index contributed by atoms with van der Waals surface area (Å²) in [5.41, 5.74) is 1.68. The minimum Gasteiger partial charge on any atom is -0.300 e. The van der Waals surface area contributed by atoms with E-state index < -0.39 is 0 Å². The lowest BCUT2D eigenvalue weighted by molar-refractivity contribution is -0.132. The molecule has 0 radical (unpaired) electrons. The van der Waals surface area contributed by atoms with Gasteiger partial charge in [-0.05, 0) is 67.4 Å². The quantitative estimate of drug-likeness (QED) is 0.670. The van der Waals surface area contributed by atoms with Crippen LogP contribution in [-0.2, 0) is 9.59 Å². The van der Waals surface area contributed by atoms with Crippen LogP contribution < -0.4 is 0 Å². The highest BCUT2D eigenvalue weighted by Gasteiger charge is 2.55. The second-order valence-corrected chi connectivity index (χ2v) is 8.55. The largest absolute Gasteiger partial charge is 0.300 e. The standard InChI is InChI=1S/C20H26O2/c1-19-9-8-18-16(17(19)6-4-15(22)12-19)5-3-13-11-14(21)7-10-20(13,18)2/h7,10-11,16-18H,3-6,8-9,12H2,1-2H3. The number of hydrogen-bond donors (Lipinski definition) is 0. The SMILES string of the molecule is CC12CCC3C(CCC4=CC(=O)C=CC43C)C1CCC(=O)C2. The molecular formula is C20H26O2. The first-order chi connectivity index (χ1) is 10.4. The molecule has 0 heterocycles. The van der Waals surface area contributed by atoms with Gasteiger partial charge in [-0.3, -0.25) is 9.59 Å². The Morgan fingerprint density at radius 2 is 1.86 bits per heavy atom. The third-order valence-corrected chi connectivity index (χ3v) is 7.41. The maximum absolute atomic E-state index is 12.0. The third kappa shape index (κ3) is 1.92. The molecule has 5 unspecified atom stereocenters. The van der Waals surface area contributed by atoms with Crippen molar-refractivity contribution >= 4 is 11.6 Å². The van der Waals surface area contributed by atoms with Crippen molar-refractivity contribution in [1.82, 2.24) is 0 Å². The van der Waals surface area contributed by atoms with Crippen LogP contribution in [-0.4, -0.2) is 11.6 Å². The average molecular weight is 298 g/mol. The van der Waals surface area contributed by atoms with Crippen LogP contribution >= 0.6 is 0 Å². The Morgan fingerprint density at radius 3 is 2.68 bits per heavy atom. The monoisotopic (exact) mass is 298 g/mol. The fourth-order valence-corrected chi connectivity index (χ4v) is 6.23. The fourth-order valence-electron chi connectivity index (χ4n) is 6.23. The molecule has 2 nitrogen and oxygen atoms in total. The van der Waals surface area contributed by atoms with E-state index in [9.17, 15) is 9.59 Å². The predicted molar refractivity (Wildman–Crippen MR) is 86.2 cm³/mol. The number of rotatable bonds is 0. The highest BCUT2D eigenvalue weighted by molar-refractivity contribution is 6.01. The topological polar surface area (TPSA) is 34.1 Å². The molecule has 0 aromatic rings. The minimum absolute atomic E-state index is 0.0829. The van der Waals surface area contributed by atoms with E-state index in [4.69, 9.17) is 0 Å². The van der Waals surface area contributed by atoms with Crippen molar-refractivity contribution in [2.24, 2.45) is 28.6 Å². The van der Waals surface area contributed by atoms with Gasteiger partial charge in [0.1, 0.15) is 5.78 Å². The summed E-state index contributed by atoms with van der Waals surface area (Å²) in [4.78, 5) is 23.7. The zero-order valence-electron chi connectivity index (χ0n) is 13.7. The van der Waals surface area contributed by atoms with Gasteiger partial charge in [0, 0.05) is 18.3 Å². The normalized spacial score (nSPS) is 47.4. The molecule has 0 bridgehead atoms. The van der Waals surface area contributed by atoms with Crippen molar-refractivity contribution in [1.29, 1.82) is 0 Å². The second kappa shape index (κ2) is 4.66. The molecule has 4 aliphatic carbocycles. The molecule has 4 aliphatic rings. The Morgan fingerprint density at radius 1 is 1.05 bits per heavy atom. The fraction of sp³-hybridized carbons (Fsp3) is 0.700. The van der Waals surface area contributed by atoms with E-state index in [-0.39, 0.29) is 16.6 Å². The molecule has 3 saturated carbocycles. The molecule has 0 aromatic carbocycles. The first kappa shape index (κ1) is 14.4. The van der Waals surface area contributed by atoms with E-state index >= 15 is 0 Å². The van der Waals surface area contributed by atoms with Gasteiger partial charge in [0.15, 0.2) is 5.78 Å². The Hall–Kier alpha value is -1.18. The first-order valence-electron chi connectivity index (χ1n) is 8.88. The van der Waals surface area contributed by atoms with Gasteiger partial charge in [0.25, 0.3) is 0 Å². The van der Waals surface area contributed by atoms with E-state index in [0.29, 0.717) is 17.6 Å². The molecular weight excluding hydrogens is 272 g/mol. The summed E-state index contributed by atoms with van der Waals surface area (Å²) in [6, 6.07) is 0. The van der Waals surface area contributed by atoms with Crippen LogP contribution in [0.15, 0.2) is 23.8 Å². The number of fused-ring (bicyclic) bond motifs is 5. The first-order valence-corrected chi connectivity index (χ1v) is 8.88. The summed E-state index contributed by atoms with van der Waals surface area (Å²) in [6.07, 6.45) is 13.2. The third-order valence-electron chi connectivity index (χ3n) is 7.41. The second-order valence-electron chi connectivity index (χ2n) is 8.55. The molecule has 0 amide bonds. The lowest BCUT2D eigenvalue weighted by atomic mass is 9.45. The zero-order valence-corrected chi connectivity index (χ0v) is 13.7. The maximum atomic E-state index is 12.0. The van der Waals surface area contributed by atoms with E-state index in [2.05, 4.69) is 19.9 Å².